The molecule has 1 aromatic rings. The van der Waals surface area contributed by atoms with E-state index in [0.717, 1.165) is 31.5 Å². The third-order valence-corrected chi connectivity index (χ3v) is 4.43. The van der Waals surface area contributed by atoms with E-state index in [0.29, 0.717) is 6.04 Å². The van der Waals surface area contributed by atoms with Crippen molar-refractivity contribution in [3.63, 3.8) is 0 Å². The topological polar surface area (TPSA) is 24.1 Å². The van der Waals surface area contributed by atoms with Gasteiger partial charge >= 0.3 is 0 Å². The largest absolute Gasteiger partial charge is 0.316 e. The molecule has 0 amide bonds. The van der Waals surface area contributed by atoms with Crippen molar-refractivity contribution in [3.8, 4) is 0 Å². The lowest BCUT2D eigenvalue weighted by atomic mass is 9.74. The van der Waals surface area contributed by atoms with Crippen molar-refractivity contribution in [1.82, 2.24) is 10.6 Å². The maximum Gasteiger partial charge on any atom is 0.123 e. The molecule has 2 fully saturated rings. The molecule has 0 aromatic heterocycles. The maximum atomic E-state index is 12.8. The normalized spacial score (nSPS) is 31.3. The smallest absolute Gasteiger partial charge is 0.123 e. The molecule has 3 heteroatoms. The first-order valence-electron chi connectivity index (χ1n) is 7.01. The molecular formula is C15H21FN2. The number of nitrogens with one attached hydrogen (secondary N) is 2. The van der Waals surface area contributed by atoms with E-state index >= 15 is 0 Å². The van der Waals surface area contributed by atoms with Gasteiger partial charge in [0.25, 0.3) is 0 Å². The fourth-order valence-electron chi connectivity index (χ4n) is 3.47. The third-order valence-electron chi connectivity index (χ3n) is 4.43. The maximum absolute atomic E-state index is 12.8. The number of hydrogen-bond donors (Lipinski definition) is 2. The highest BCUT2D eigenvalue weighted by atomic mass is 19.1. The fourth-order valence-corrected chi connectivity index (χ4v) is 3.47. The Morgan fingerprint density at radius 1 is 1.11 bits per heavy atom. The molecule has 2 aliphatic rings. The molecule has 98 valence electrons. The molecule has 1 aliphatic carbocycles. The number of benzene rings is 1. The Bertz CT molecular complexity index is 368. The second-order valence-electron chi connectivity index (χ2n) is 5.64. The highest BCUT2D eigenvalue weighted by molar-refractivity contribution is 5.16. The van der Waals surface area contributed by atoms with E-state index in [2.05, 4.69) is 10.6 Å². The summed E-state index contributed by atoms with van der Waals surface area (Å²) in [5, 5.41) is 7.23. The molecule has 1 aliphatic heterocycles. The van der Waals surface area contributed by atoms with Crippen LogP contribution >= 0.6 is 0 Å². The van der Waals surface area contributed by atoms with Gasteiger partial charge in [-0.25, -0.2) is 4.39 Å². The molecule has 3 atom stereocenters. The SMILES string of the molecule is Fc1ccc(CNC2[C@@H]3CCC[C@H]2CNC3)cc1. The Labute approximate surface area is 108 Å². The molecule has 1 saturated heterocycles. The minimum absolute atomic E-state index is 0.155. The highest BCUT2D eigenvalue weighted by Gasteiger charge is 2.35. The van der Waals surface area contributed by atoms with Gasteiger partial charge in [0, 0.05) is 12.6 Å². The summed E-state index contributed by atoms with van der Waals surface area (Å²) in [5.74, 6) is 1.40. The molecule has 2 N–H and O–H groups in total. The van der Waals surface area contributed by atoms with Crippen LogP contribution in [0.15, 0.2) is 24.3 Å². The predicted octanol–water partition coefficient (Wildman–Crippen LogP) is 2.30. The van der Waals surface area contributed by atoms with Crippen LogP contribution in [0.1, 0.15) is 24.8 Å². The van der Waals surface area contributed by atoms with E-state index in [9.17, 15) is 4.39 Å². The van der Waals surface area contributed by atoms with E-state index in [-0.39, 0.29) is 5.82 Å². The lowest BCUT2D eigenvalue weighted by Gasteiger charge is -2.43. The Balaban J connectivity index is 1.60. The minimum Gasteiger partial charge on any atom is -0.316 e. The van der Waals surface area contributed by atoms with Gasteiger partial charge in [-0.05, 0) is 55.5 Å². The van der Waals surface area contributed by atoms with Crippen molar-refractivity contribution in [2.75, 3.05) is 13.1 Å². The van der Waals surface area contributed by atoms with Crippen LogP contribution in [0.25, 0.3) is 0 Å². The van der Waals surface area contributed by atoms with Crippen molar-refractivity contribution in [2.45, 2.75) is 31.8 Å². The van der Waals surface area contributed by atoms with E-state index < -0.39 is 0 Å². The zero-order chi connectivity index (χ0) is 12.4. The van der Waals surface area contributed by atoms with Crippen LogP contribution in [0, 0.1) is 17.7 Å². The van der Waals surface area contributed by atoms with Crippen LogP contribution in [0.4, 0.5) is 4.39 Å². The molecule has 0 spiro atoms. The summed E-state index contributed by atoms with van der Waals surface area (Å²) in [4.78, 5) is 0. The van der Waals surface area contributed by atoms with Gasteiger partial charge in [0.15, 0.2) is 0 Å². The molecule has 2 bridgehead atoms. The molecule has 18 heavy (non-hydrogen) atoms. The summed E-state index contributed by atoms with van der Waals surface area (Å²) in [5.41, 5.74) is 1.17. The second-order valence-corrected chi connectivity index (χ2v) is 5.64. The van der Waals surface area contributed by atoms with Gasteiger partial charge in [-0.15, -0.1) is 0 Å². The monoisotopic (exact) mass is 248 g/mol. The van der Waals surface area contributed by atoms with E-state index in [1.807, 2.05) is 12.1 Å². The van der Waals surface area contributed by atoms with Gasteiger partial charge in [0.05, 0.1) is 0 Å². The quantitative estimate of drug-likeness (QED) is 0.857. The summed E-state index contributed by atoms with van der Waals surface area (Å²) in [6, 6.07) is 7.48. The van der Waals surface area contributed by atoms with Crippen molar-refractivity contribution in [1.29, 1.82) is 0 Å². The number of piperidine rings is 1. The third kappa shape index (κ3) is 2.57. The summed E-state index contributed by atoms with van der Waals surface area (Å²) in [7, 11) is 0. The van der Waals surface area contributed by atoms with E-state index in [1.165, 1.54) is 24.8 Å². The van der Waals surface area contributed by atoms with Crippen molar-refractivity contribution in [3.05, 3.63) is 35.6 Å². The minimum atomic E-state index is -0.155. The molecule has 1 saturated carbocycles. The Morgan fingerprint density at radius 2 is 1.78 bits per heavy atom. The lowest BCUT2D eigenvalue weighted by Crippen LogP contribution is -2.55. The van der Waals surface area contributed by atoms with Gasteiger partial charge in [0.1, 0.15) is 5.82 Å². The van der Waals surface area contributed by atoms with Crippen LogP contribution in [0.5, 0.6) is 0 Å². The summed E-state index contributed by atoms with van der Waals surface area (Å²) in [6.07, 6.45) is 4.06. The van der Waals surface area contributed by atoms with Crippen LogP contribution in [0.3, 0.4) is 0 Å². The van der Waals surface area contributed by atoms with Crippen molar-refractivity contribution >= 4 is 0 Å². The van der Waals surface area contributed by atoms with Crippen LogP contribution in [-0.4, -0.2) is 19.1 Å². The Hall–Kier alpha value is -0.930. The highest BCUT2D eigenvalue weighted by Crippen LogP contribution is 2.31. The van der Waals surface area contributed by atoms with Crippen LogP contribution in [0.2, 0.25) is 0 Å². The number of hydrogen-bond acceptors (Lipinski definition) is 2. The number of fused-ring (bicyclic) bond motifs is 2. The molecule has 3 rings (SSSR count). The molecule has 2 nitrogen and oxygen atoms in total. The van der Waals surface area contributed by atoms with Gasteiger partial charge in [-0.1, -0.05) is 18.6 Å². The first-order chi connectivity index (χ1) is 8.83. The van der Waals surface area contributed by atoms with Gasteiger partial charge in [-0.3, -0.25) is 0 Å². The zero-order valence-electron chi connectivity index (χ0n) is 10.7. The number of rotatable bonds is 3. The lowest BCUT2D eigenvalue weighted by molar-refractivity contribution is 0.137. The Kier molecular flexibility index (Phi) is 3.62. The average molecular weight is 248 g/mol. The van der Waals surface area contributed by atoms with Gasteiger partial charge in [-0.2, -0.15) is 0 Å². The van der Waals surface area contributed by atoms with E-state index in [1.54, 1.807) is 12.1 Å². The second kappa shape index (κ2) is 5.37. The van der Waals surface area contributed by atoms with Crippen LogP contribution in [-0.2, 0) is 6.54 Å². The molecule has 1 unspecified atom stereocenters. The van der Waals surface area contributed by atoms with E-state index in [4.69, 9.17) is 0 Å². The zero-order valence-corrected chi connectivity index (χ0v) is 10.7. The molecule has 1 aromatic carbocycles. The summed E-state index contributed by atoms with van der Waals surface area (Å²) < 4.78 is 12.8. The van der Waals surface area contributed by atoms with Crippen LogP contribution < -0.4 is 10.6 Å². The van der Waals surface area contributed by atoms with Gasteiger partial charge in [0.2, 0.25) is 0 Å². The van der Waals surface area contributed by atoms with Gasteiger partial charge < -0.3 is 10.6 Å². The van der Waals surface area contributed by atoms with Crippen molar-refractivity contribution < 1.29 is 4.39 Å². The first kappa shape index (κ1) is 12.1. The fraction of sp³-hybridized carbons (Fsp3) is 0.600. The molecule has 0 radical (unpaired) electrons. The summed E-state index contributed by atoms with van der Waals surface area (Å²) >= 11 is 0. The predicted molar refractivity (Wildman–Crippen MR) is 70.7 cm³/mol. The average Bonchev–Trinajstić information content (AvgIpc) is 2.37. The number of halogens is 1. The summed E-state index contributed by atoms with van der Waals surface area (Å²) in [6.45, 7) is 3.16. The first-order valence-corrected chi connectivity index (χ1v) is 7.01. The Morgan fingerprint density at radius 3 is 2.44 bits per heavy atom. The standard InChI is InChI=1S/C15H21FN2/c16-14-6-4-11(5-7-14)8-18-15-12-2-1-3-13(15)10-17-9-12/h4-7,12-13,15,17-18H,1-3,8-10H2/t12-,13+,15?. The molecule has 1 heterocycles. The van der Waals surface area contributed by atoms with Crippen molar-refractivity contribution in [2.24, 2.45) is 11.8 Å². The molecular weight excluding hydrogens is 227 g/mol.